The Bertz CT molecular complexity index is 561. The Balaban J connectivity index is 2.12. The molecule has 0 aromatic carbocycles. The van der Waals surface area contributed by atoms with Crippen molar-refractivity contribution in [2.24, 2.45) is 5.92 Å². The van der Waals surface area contributed by atoms with Gasteiger partial charge >= 0.3 is 0 Å². The zero-order valence-corrected chi connectivity index (χ0v) is 13.3. The van der Waals surface area contributed by atoms with Gasteiger partial charge in [-0.25, -0.2) is 4.68 Å². The summed E-state index contributed by atoms with van der Waals surface area (Å²) in [6, 6.07) is 0.426. The van der Waals surface area contributed by atoms with Crippen molar-refractivity contribution >= 4 is 21.6 Å². The van der Waals surface area contributed by atoms with E-state index >= 15 is 0 Å². The summed E-state index contributed by atoms with van der Waals surface area (Å²) in [5.41, 5.74) is 0.584. The third kappa shape index (κ3) is 3.43. The van der Waals surface area contributed by atoms with E-state index in [0.717, 1.165) is 24.4 Å². The quantitative estimate of drug-likeness (QED) is 0.859. The second-order valence-corrected chi connectivity index (χ2v) is 6.11. The Kier molecular flexibility index (Phi) is 5.24. The number of rotatable bonds is 4. The van der Waals surface area contributed by atoms with Crippen molar-refractivity contribution in [3.8, 4) is 12.3 Å². The molecule has 108 valence electrons. The van der Waals surface area contributed by atoms with Gasteiger partial charge in [-0.1, -0.05) is 32.1 Å². The smallest absolute Gasteiger partial charge is 0.284 e. The molecular weight excluding hydrogens is 318 g/mol. The molecule has 1 heterocycles. The molecule has 0 spiro atoms. The van der Waals surface area contributed by atoms with E-state index in [1.54, 1.807) is 6.20 Å². The summed E-state index contributed by atoms with van der Waals surface area (Å²) in [6.07, 6.45) is 13.0. The van der Waals surface area contributed by atoms with Crippen molar-refractivity contribution < 1.29 is 0 Å². The molecule has 1 saturated carbocycles. The second kappa shape index (κ2) is 6.94. The van der Waals surface area contributed by atoms with Crippen LogP contribution in [-0.4, -0.2) is 15.8 Å². The fraction of sp³-hybridized carbons (Fsp3) is 0.600. The number of halogens is 1. The van der Waals surface area contributed by atoms with Crippen molar-refractivity contribution in [2.75, 3.05) is 5.32 Å². The van der Waals surface area contributed by atoms with E-state index in [9.17, 15) is 4.79 Å². The Hall–Kier alpha value is -1.28. The van der Waals surface area contributed by atoms with Crippen LogP contribution < -0.4 is 10.9 Å². The normalized spacial score (nSPS) is 22.2. The first kappa shape index (κ1) is 15.1. The van der Waals surface area contributed by atoms with Gasteiger partial charge in [0, 0.05) is 6.04 Å². The van der Waals surface area contributed by atoms with Crippen LogP contribution >= 0.6 is 15.9 Å². The monoisotopic (exact) mass is 337 g/mol. The number of nitrogens with zero attached hydrogens (tertiary/aromatic N) is 2. The van der Waals surface area contributed by atoms with Crippen LogP contribution in [0.5, 0.6) is 0 Å². The SMILES string of the molecule is C#CCn1ncc(NC2CCCC(CC)C2)c(Br)c1=O. The van der Waals surface area contributed by atoms with Crippen molar-refractivity contribution in [2.45, 2.75) is 51.6 Å². The molecule has 1 aliphatic carbocycles. The Morgan fingerprint density at radius 2 is 2.40 bits per heavy atom. The van der Waals surface area contributed by atoms with Crippen LogP contribution in [0.2, 0.25) is 0 Å². The highest BCUT2D eigenvalue weighted by Crippen LogP contribution is 2.29. The lowest BCUT2D eigenvalue weighted by Gasteiger charge is -2.30. The van der Waals surface area contributed by atoms with Crippen LogP contribution in [0.25, 0.3) is 0 Å². The van der Waals surface area contributed by atoms with E-state index in [-0.39, 0.29) is 12.1 Å². The molecule has 20 heavy (non-hydrogen) atoms. The van der Waals surface area contributed by atoms with Crippen LogP contribution in [-0.2, 0) is 6.54 Å². The fourth-order valence-electron chi connectivity index (χ4n) is 2.78. The van der Waals surface area contributed by atoms with Gasteiger partial charge < -0.3 is 5.32 Å². The molecule has 2 rings (SSSR count). The number of aromatic nitrogens is 2. The Morgan fingerprint density at radius 1 is 1.60 bits per heavy atom. The van der Waals surface area contributed by atoms with Gasteiger partial charge in [-0.3, -0.25) is 4.79 Å². The molecule has 0 bridgehead atoms. The molecule has 1 aliphatic rings. The number of hydrogen-bond donors (Lipinski definition) is 1. The summed E-state index contributed by atoms with van der Waals surface area (Å²) in [7, 11) is 0. The minimum absolute atomic E-state index is 0.184. The molecule has 2 unspecified atom stereocenters. The highest BCUT2D eigenvalue weighted by Gasteiger charge is 2.21. The van der Waals surface area contributed by atoms with E-state index in [2.05, 4.69) is 39.2 Å². The summed E-state index contributed by atoms with van der Waals surface area (Å²) < 4.78 is 1.80. The molecule has 5 heteroatoms. The molecule has 1 N–H and O–H groups in total. The van der Waals surface area contributed by atoms with E-state index in [1.807, 2.05) is 0 Å². The van der Waals surface area contributed by atoms with Crippen LogP contribution in [0.3, 0.4) is 0 Å². The maximum Gasteiger partial charge on any atom is 0.284 e. The van der Waals surface area contributed by atoms with E-state index < -0.39 is 0 Å². The minimum atomic E-state index is -0.184. The summed E-state index contributed by atoms with van der Waals surface area (Å²) in [6.45, 7) is 2.44. The maximum absolute atomic E-state index is 12.1. The molecule has 0 radical (unpaired) electrons. The molecule has 1 aromatic rings. The van der Waals surface area contributed by atoms with Gasteiger partial charge in [0.1, 0.15) is 11.0 Å². The van der Waals surface area contributed by atoms with Crippen molar-refractivity contribution in [3.63, 3.8) is 0 Å². The van der Waals surface area contributed by atoms with Crippen molar-refractivity contribution in [1.82, 2.24) is 9.78 Å². The van der Waals surface area contributed by atoms with Gasteiger partial charge in [-0.15, -0.1) is 6.42 Å². The number of anilines is 1. The van der Waals surface area contributed by atoms with E-state index in [1.165, 1.54) is 23.9 Å². The average molecular weight is 338 g/mol. The summed E-state index contributed by atoms with van der Waals surface area (Å²) >= 11 is 3.36. The van der Waals surface area contributed by atoms with Gasteiger partial charge in [0.05, 0.1) is 11.9 Å². The van der Waals surface area contributed by atoms with Crippen molar-refractivity contribution in [3.05, 3.63) is 21.0 Å². The molecule has 0 amide bonds. The number of nitrogens with one attached hydrogen (secondary N) is 1. The van der Waals surface area contributed by atoms with Gasteiger partial charge in [-0.05, 0) is 34.7 Å². The topological polar surface area (TPSA) is 46.9 Å². The first-order valence-corrected chi connectivity index (χ1v) is 7.90. The van der Waals surface area contributed by atoms with Crippen LogP contribution in [0.4, 0.5) is 5.69 Å². The lowest BCUT2D eigenvalue weighted by atomic mass is 9.84. The Morgan fingerprint density at radius 3 is 3.10 bits per heavy atom. The van der Waals surface area contributed by atoms with Crippen LogP contribution in [0.1, 0.15) is 39.0 Å². The molecule has 1 aromatic heterocycles. The summed E-state index contributed by atoms with van der Waals surface area (Å²) in [5, 5.41) is 7.55. The predicted octanol–water partition coefficient (Wildman–Crippen LogP) is 3.02. The maximum atomic E-state index is 12.1. The van der Waals surface area contributed by atoms with Gasteiger partial charge in [0.25, 0.3) is 5.56 Å². The first-order chi connectivity index (χ1) is 9.65. The minimum Gasteiger partial charge on any atom is -0.380 e. The summed E-state index contributed by atoms with van der Waals surface area (Å²) in [5.74, 6) is 3.21. The molecule has 1 fully saturated rings. The van der Waals surface area contributed by atoms with E-state index in [0.29, 0.717) is 10.5 Å². The summed E-state index contributed by atoms with van der Waals surface area (Å²) in [4.78, 5) is 12.1. The second-order valence-electron chi connectivity index (χ2n) is 5.32. The van der Waals surface area contributed by atoms with Crippen LogP contribution in [0, 0.1) is 18.3 Å². The highest BCUT2D eigenvalue weighted by molar-refractivity contribution is 9.10. The molecule has 0 saturated heterocycles. The first-order valence-electron chi connectivity index (χ1n) is 7.11. The number of terminal acetylenes is 1. The number of hydrogen-bond acceptors (Lipinski definition) is 3. The zero-order valence-electron chi connectivity index (χ0n) is 11.7. The lowest BCUT2D eigenvalue weighted by Crippen LogP contribution is -2.30. The van der Waals surface area contributed by atoms with Gasteiger partial charge in [-0.2, -0.15) is 5.10 Å². The largest absolute Gasteiger partial charge is 0.380 e. The molecule has 4 nitrogen and oxygen atoms in total. The molecular formula is C15H20BrN3O. The van der Waals surface area contributed by atoms with Gasteiger partial charge in [0.2, 0.25) is 0 Å². The Labute approximate surface area is 128 Å². The third-order valence-corrected chi connectivity index (χ3v) is 4.71. The third-order valence-electron chi connectivity index (χ3n) is 3.95. The van der Waals surface area contributed by atoms with Gasteiger partial charge in [0.15, 0.2) is 0 Å². The van der Waals surface area contributed by atoms with Crippen LogP contribution in [0.15, 0.2) is 15.5 Å². The lowest BCUT2D eigenvalue weighted by molar-refractivity contribution is 0.327. The van der Waals surface area contributed by atoms with Crippen molar-refractivity contribution in [1.29, 1.82) is 0 Å². The average Bonchev–Trinajstić information content (AvgIpc) is 2.47. The predicted molar refractivity (Wildman–Crippen MR) is 84.7 cm³/mol. The fourth-order valence-corrected chi connectivity index (χ4v) is 3.20. The van der Waals surface area contributed by atoms with E-state index in [4.69, 9.17) is 6.42 Å². The standard InChI is InChI=1S/C15H20BrN3O/c1-3-8-19-15(20)14(16)13(10-17-19)18-12-7-5-6-11(4-2)9-12/h1,10-12,18H,4-9H2,2H3. The highest BCUT2D eigenvalue weighted by atomic mass is 79.9. The molecule has 2 atom stereocenters. The molecule has 0 aliphatic heterocycles. The zero-order chi connectivity index (χ0) is 14.5.